The van der Waals surface area contributed by atoms with Crippen molar-refractivity contribution < 1.29 is 19.1 Å². The molecule has 0 spiro atoms. The Morgan fingerprint density at radius 1 is 1.38 bits per heavy atom. The van der Waals surface area contributed by atoms with Crippen LogP contribution in [0.3, 0.4) is 0 Å². The summed E-state index contributed by atoms with van der Waals surface area (Å²) < 4.78 is 9.88. The Balaban J connectivity index is 1.67. The maximum atomic E-state index is 12.2. The monoisotopic (exact) mass is 327 g/mol. The molecule has 2 aromatic rings. The van der Waals surface area contributed by atoms with E-state index in [1.807, 2.05) is 18.2 Å². The summed E-state index contributed by atoms with van der Waals surface area (Å²) in [5.41, 5.74) is 2.00. The second kappa shape index (κ2) is 6.99. The highest BCUT2D eigenvalue weighted by Crippen LogP contribution is 2.16. The number of hydrogen-bond acceptors (Lipinski definition) is 5. The zero-order chi connectivity index (χ0) is 16.9. The maximum absolute atomic E-state index is 12.2. The van der Waals surface area contributed by atoms with E-state index in [1.54, 1.807) is 23.1 Å². The van der Waals surface area contributed by atoms with Gasteiger partial charge in [-0.2, -0.15) is 0 Å². The van der Waals surface area contributed by atoms with Gasteiger partial charge in [0.05, 0.1) is 19.2 Å². The number of anilines is 1. The van der Waals surface area contributed by atoms with Gasteiger partial charge in [-0.25, -0.2) is 9.78 Å². The Bertz CT molecular complexity index is 746. The van der Waals surface area contributed by atoms with Crippen molar-refractivity contribution in [1.29, 1.82) is 0 Å². The number of nitrogens with one attached hydrogen (secondary N) is 1. The number of aromatic nitrogens is 1. The molecule has 0 radical (unpaired) electrons. The number of amides is 2. The largest absolute Gasteiger partial charge is 0.481 e. The molecule has 0 atom stereocenters. The second-order valence-corrected chi connectivity index (χ2v) is 5.28. The van der Waals surface area contributed by atoms with Gasteiger partial charge in [0.1, 0.15) is 6.61 Å². The van der Waals surface area contributed by atoms with Crippen molar-refractivity contribution in [2.75, 3.05) is 25.6 Å². The summed E-state index contributed by atoms with van der Waals surface area (Å²) in [5, 5.41) is 2.82. The van der Waals surface area contributed by atoms with Crippen LogP contribution in [-0.2, 0) is 11.3 Å². The van der Waals surface area contributed by atoms with E-state index in [9.17, 15) is 9.59 Å². The number of carbonyl (C=O) groups is 2. The summed E-state index contributed by atoms with van der Waals surface area (Å²) >= 11 is 0. The summed E-state index contributed by atoms with van der Waals surface area (Å²) in [5.74, 6) is 0.189. The maximum Gasteiger partial charge on any atom is 0.410 e. The Kier molecular flexibility index (Phi) is 4.60. The van der Waals surface area contributed by atoms with E-state index in [1.165, 1.54) is 13.3 Å². The fraction of sp³-hybridized carbons (Fsp3) is 0.235. The quantitative estimate of drug-likeness (QED) is 0.911. The van der Waals surface area contributed by atoms with E-state index < -0.39 is 0 Å². The van der Waals surface area contributed by atoms with Gasteiger partial charge in [-0.1, -0.05) is 12.1 Å². The van der Waals surface area contributed by atoms with Crippen LogP contribution in [-0.4, -0.2) is 42.1 Å². The molecular formula is C17H17N3O4. The summed E-state index contributed by atoms with van der Waals surface area (Å²) in [6, 6.07) is 10.6. The molecule has 1 aliphatic heterocycles. The molecule has 1 aliphatic rings. The van der Waals surface area contributed by atoms with Crippen LogP contribution >= 0.6 is 0 Å². The standard InChI is InChI=1S/C17H17N3O4/c1-23-15-6-5-13(10-18-15)16(21)19-14-4-2-3-12(9-14)11-20-7-8-24-17(20)22/h2-6,9-10H,7-8,11H2,1H3,(H,19,21). The normalized spacial score (nSPS) is 13.5. The van der Waals surface area contributed by atoms with Crippen molar-refractivity contribution >= 4 is 17.7 Å². The van der Waals surface area contributed by atoms with E-state index in [-0.39, 0.29) is 12.0 Å². The SMILES string of the molecule is COc1ccc(C(=O)Nc2cccc(CN3CCOC3=O)c2)cn1. The number of methoxy groups -OCH3 is 1. The molecule has 1 fully saturated rings. The van der Waals surface area contributed by atoms with Crippen LogP contribution in [0.4, 0.5) is 10.5 Å². The van der Waals surface area contributed by atoms with Crippen LogP contribution in [0.15, 0.2) is 42.6 Å². The zero-order valence-corrected chi connectivity index (χ0v) is 13.2. The molecule has 1 aromatic heterocycles. The van der Waals surface area contributed by atoms with E-state index in [0.717, 1.165) is 5.56 Å². The molecule has 0 bridgehead atoms. The Hall–Kier alpha value is -3.09. The lowest BCUT2D eigenvalue weighted by atomic mass is 10.2. The van der Waals surface area contributed by atoms with Crippen LogP contribution in [0.1, 0.15) is 15.9 Å². The number of carbonyl (C=O) groups excluding carboxylic acids is 2. The van der Waals surface area contributed by atoms with Crippen molar-refractivity contribution in [2.24, 2.45) is 0 Å². The van der Waals surface area contributed by atoms with Crippen LogP contribution < -0.4 is 10.1 Å². The molecule has 1 aromatic carbocycles. The number of pyridine rings is 1. The first kappa shape index (κ1) is 15.8. The Morgan fingerprint density at radius 2 is 2.25 bits per heavy atom. The predicted octanol–water partition coefficient (Wildman–Crippen LogP) is 2.29. The molecule has 124 valence electrons. The molecular weight excluding hydrogens is 310 g/mol. The first-order valence-corrected chi connectivity index (χ1v) is 7.48. The lowest BCUT2D eigenvalue weighted by molar-refractivity contribution is 0.102. The number of hydrogen-bond donors (Lipinski definition) is 1. The first-order chi connectivity index (χ1) is 11.7. The van der Waals surface area contributed by atoms with Crippen molar-refractivity contribution in [1.82, 2.24) is 9.88 Å². The Labute approximate surface area is 139 Å². The van der Waals surface area contributed by atoms with Crippen molar-refractivity contribution in [3.8, 4) is 5.88 Å². The van der Waals surface area contributed by atoms with Gasteiger partial charge in [0.25, 0.3) is 5.91 Å². The highest BCUT2D eigenvalue weighted by molar-refractivity contribution is 6.04. The van der Waals surface area contributed by atoms with Crippen molar-refractivity contribution in [2.45, 2.75) is 6.54 Å². The first-order valence-electron chi connectivity index (χ1n) is 7.48. The molecule has 0 saturated carbocycles. The minimum atomic E-state index is -0.311. The van der Waals surface area contributed by atoms with Gasteiger partial charge < -0.3 is 19.7 Å². The van der Waals surface area contributed by atoms with Gasteiger partial charge in [0.15, 0.2) is 0 Å². The molecule has 1 saturated heterocycles. The van der Waals surface area contributed by atoms with Gasteiger partial charge in [0, 0.05) is 24.5 Å². The Morgan fingerprint density at radius 3 is 2.92 bits per heavy atom. The third kappa shape index (κ3) is 3.62. The molecule has 7 heteroatoms. The van der Waals surface area contributed by atoms with Crippen molar-refractivity contribution in [3.63, 3.8) is 0 Å². The highest BCUT2D eigenvalue weighted by atomic mass is 16.6. The third-order valence-corrected chi connectivity index (χ3v) is 3.61. The zero-order valence-electron chi connectivity index (χ0n) is 13.2. The summed E-state index contributed by atoms with van der Waals surface area (Å²) in [6.45, 7) is 1.44. The number of ether oxygens (including phenoxy) is 2. The average molecular weight is 327 g/mol. The molecule has 3 rings (SSSR count). The minimum absolute atomic E-state index is 0.261. The minimum Gasteiger partial charge on any atom is -0.481 e. The molecule has 24 heavy (non-hydrogen) atoms. The van der Waals surface area contributed by atoms with Gasteiger partial charge >= 0.3 is 6.09 Å². The summed E-state index contributed by atoms with van der Waals surface area (Å²) in [4.78, 5) is 29.4. The molecule has 2 heterocycles. The molecule has 2 amide bonds. The predicted molar refractivity (Wildman–Crippen MR) is 86.9 cm³/mol. The molecule has 1 N–H and O–H groups in total. The molecule has 0 aliphatic carbocycles. The van der Waals surface area contributed by atoms with E-state index >= 15 is 0 Å². The fourth-order valence-corrected chi connectivity index (χ4v) is 2.38. The average Bonchev–Trinajstić information content (AvgIpc) is 3.00. The third-order valence-electron chi connectivity index (χ3n) is 3.61. The van der Waals surface area contributed by atoms with Crippen LogP contribution in [0, 0.1) is 0 Å². The highest BCUT2D eigenvalue weighted by Gasteiger charge is 2.21. The topological polar surface area (TPSA) is 80.8 Å². The van der Waals surface area contributed by atoms with Crippen LogP contribution in [0.25, 0.3) is 0 Å². The van der Waals surface area contributed by atoms with Gasteiger partial charge in [-0.05, 0) is 23.8 Å². The number of cyclic esters (lactones) is 1. The van der Waals surface area contributed by atoms with Gasteiger partial charge in [-0.15, -0.1) is 0 Å². The van der Waals surface area contributed by atoms with Crippen molar-refractivity contribution in [3.05, 3.63) is 53.7 Å². The number of benzene rings is 1. The van der Waals surface area contributed by atoms with E-state index in [4.69, 9.17) is 9.47 Å². The van der Waals surface area contributed by atoms with E-state index in [0.29, 0.717) is 36.8 Å². The lowest BCUT2D eigenvalue weighted by Gasteiger charge is -2.13. The van der Waals surface area contributed by atoms with Crippen LogP contribution in [0.5, 0.6) is 5.88 Å². The van der Waals surface area contributed by atoms with Crippen LogP contribution in [0.2, 0.25) is 0 Å². The molecule has 7 nitrogen and oxygen atoms in total. The fourth-order valence-electron chi connectivity index (χ4n) is 2.38. The van der Waals surface area contributed by atoms with Gasteiger partial charge in [-0.3, -0.25) is 4.79 Å². The molecule has 0 unspecified atom stereocenters. The summed E-state index contributed by atoms with van der Waals surface area (Å²) in [6.07, 6.45) is 1.15. The summed E-state index contributed by atoms with van der Waals surface area (Å²) in [7, 11) is 1.52. The number of nitrogens with zero attached hydrogens (tertiary/aromatic N) is 2. The smallest absolute Gasteiger partial charge is 0.410 e. The lowest BCUT2D eigenvalue weighted by Crippen LogP contribution is -2.23. The number of rotatable bonds is 5. The second-order valence-electron chi connectivity index (χ2n) is 5.28. The van der Waals surface area contributed by atoms with E-state index in [2.05, 4.69) is 10.3 Å². The van der Waals surface area contributed by atoms with Gasteiger partial charge in [0.2, 0.25) is 5.88 Å².